The summed E-state index contributed by atoms with van der Waals surface area (Å²) < 4.78 is 34.0. The minimum atomic E-state index is -1.17. The van der Waals surface area contributed by atoms with Gasteiger partial charge in [0.05, 0.1) is 35.9 Å². The van der Waals surface area contributed by atoms with E-state index >= 15 is 0 Å². The fraction of sp³-hybridized carbons (Fsp3) is 0.387. The molecule has 12 nitrogen and oxygen atoms in total. The molecule has 3 heterocycles. The van der Waals surface area contributed by atoms with E-state index in [-0.39, 0.29) is 31.7 Å². The lowest BCUT2D eigenvalue weighted by Gasteiger charge is -2.20. The van der Waals surface area contributed by atoms with Crippen molar-refractivity contribution in [1.82, 2.24) is 29.7 Å². The van der Waals surface area contributed by atoms with E-state index in [0.29, 0.717) is 47.8 Å². The third-order valence-corrected chi connectivity index (χ3v) is 7.39. The largest absolute Gasteiger partial charge is 0.480 e. The Labute approximate surface area is 253 Å². The number of aromatic nitrogens is 4. The smallest absolute Gasteiger partial charge is 0.410 e. The molecule has 232 valence electrons. The second-order valence-electron chi connectivity index (χ2n) is 10.5. The molecule has 5 rings (SSSR count). The van der Waals surface area contributed by atoms with Gasteiger partial charge in [-0.3, -0.25) is 4.90 Å². The predicted octanol–water partition coefficient (Wildman–Crippen LogP) is 3.81. The number of likely N-dealkylation sites (N-methyl/N-ethyl adjacent to an activating group) is 1. The normalized spacial score (nSPS) is 17.1. The number of aliphatic carboxylic acids is 1. The van der Waals surface area contributed by atoms with Crippen molar-refractivity contribution < 1.29 is 33.3 Å². The quantitative estimate of drug-likeness (QED) is 0.245. The number of rotatable bonds is 12. The number of nitrogens with zero attached hydrogens (tertiary/aromatic N) is 5. The minimum Gasteiger partial charge on any atom is -0.480 e. The van der Waals surface area contributed by atoms with Crippen molar-refractivity contribution in [3.05, 3.63) is 71.9 Å². The zero-order chi connectivity index (χ0) is 31.2. The molecule has 0 spiro atoms. The Bertz CT molecular complexity index is 1610. The lowest BCUT2D eigenvalue weighted by Crippen LogP contribution is -2.40. The Balaban J connectivity index is 1.37. The lowest BCUT2D eigenvalue weighted by molar-refractivity contribution is -0.141. The third-order valence-electron chi connectivity index (χ3n) is 7.39. The molecule has 2 aromatic heterocycles. The van der Waals surface area contributed by atoms with Gasteiger partial charge in [-0.1, -0.05) is 30.3 Å². The highest BCUT2D eigenvalue weighted by atomic mass is 19.1. The summed E-state index contributed by atoms with van der Waals surface area (Å²) in [6.45, 7) is 5.41. The molecule has 0 bridgehead atoms. The number of ether oxygens (including phenoxy) is 3. The van der Waals surface area contributed by atoms with Gasteiger partial charge >= 0.3 is 18.1 Å². The van der Waals surface area contributed by atoms with Gasteiger partial charge in [0, 0.05) is 37.4 Å². The summed E-state index contributed by atoms with van der Waals surface area (Å²) in [7, 11) is 1.85. The number of imidazole rings is 1. The summed E-state index contributed by atoms with van der Waals surface area (Å²) in [5, 5.41) is 12.9. The van der Waals surface area contributed by atoms with Crippen molar-refractivity contribution in [2.45, 2.75) is 51.7 Å². The van der Waals surface area contributed by atoms with Gasteiger partial charge < -0.3 is 29.2 Å². The number of fused-ring (bicyclic) bond motifs is 1. The van der Waals surface area contributed by atoms with Crippen molar-refractivity contribution in [1.29, 1.82) is 0 Å². The van der Waals surface area contributed by atoms with Crippen LogP contribution < -0.4 is 10.1 Å². The van der Waals surface area contributed by atoms with Crippen LogP contribution >= 0.6 is 0 Å². The van der Waals surface area contributed by atoms with E-state index in [0.717, 1.165) is 10.5 Å². The first kappa shape index (κ1) is 30.8. The van der Waals surface area contributed by atoms with E-state index in [4.69, 9.17) is 14.2 Å². The average Bonchev–Trinajstić information content (AvgIpc) is 3.57. The van der Waals surface area contributed by atoms with E-state index in [2.05, 4.69) is 20.3 Å². The molecular weight excluding hydrogens is 571 g/mol. The van der Waals surface area contributed by atoms with Crippen molar-refractivity contribution in [3.8, 4) is 17.3 Å². The number of halogens is 1. The molecule has 2 aromatic carbocycles. The fourth-order valence-electron chi connectivity index (χ4n) is 5.43. The summed E-state index contributed by atoms with van der Waals surface area (Å²) in [6, 6.07) is 12.4. The molecule has 1 saturated heterocycles. The second-order valence-corrected chi connectivity index (χ2v) is 10.5. The number of likely N-dealkylation sites (tertiary alicyclic amines) is 1. The highest BCUT2D eigenvalue weighted by Crippen LogP contribution is 2.31. The number of carboxylic acid groups (broad SMARTS) is 1. The van der Waals surface area contributed by atoms with Crippen LogP contribution in [0.15, 0.2) is 54.7 Å². The van der Waals surface area contributed by atoms with E-state index in [9.17, 15) is 19.1 Å². The number of hydrogen-bond donors (Lipinski definition) is 2. The van der Waals surface area contributed by atoms with E-state index in [1.807, 2.05) is 55.8 Å². The number of carbonyl (C=O) groups is 2. The minimum absolute atomic E-state index is 0.0115. The predicted molar refractivity (Wildman–Crippen MR) is 159 cm³/mol. The van der Waals surface area contributed by atoms with Gasteiger partial charge in [0.2, 0.25) is 0 Å². The number of benzene rings is 2. The molecule has 0 aliphatic carbocycles. The third kappa shape index (κ3) is 6.95. The Morgan fingerprint density at radius 2 is 1.98 bits per heavy atom. The van der Waals surface area contributed by atoms with Crippen LogP contribution in [0.4, 0.5) is 9.18 Å². The zero-order valence-electron chi connectivity index (χ0n) is 24.8. The maximum Gasteiger partial charge on any atom is 0.410 e. The van der Waals surface area contributed by atoms with Gasteiger partial charge in [-0.2, -0.15) is 4.98 Å². The lowest BCUT2D eigenvalue weighted by atomic mass is 10.1. The number of amides is 1. The summed E-state index contributed by atoms with van der Waals surface area (Å²) in [4.78, 5) is 39.3. The second kappa shape index (κ2) is 13.8. The molecule has 1 fully saturated rings. The summed E-state index contributed by atoms with van der Waals surface area (Å²) in [5.41, 5.74) is 2.84. The van der Waals surface area contributed by atoms with Gasteiger partial charge in [-0.05, 0) is 38.6 Å². The van der Waals surface area contributed by atoms with Gasteiger partial charge in [0.25, 0.3) is 0 Å². The van der Waals surface area contributed by atoms with Crippen molar-refractivity contribution in [3.63, 3.8) is 0 Å². The Kier molecular flexibility index (Phi) is 9.65. The maximum absolute atomic E-state index is 14.8. The van der Waals surface area contributed by atoms with Crippen LogP contribution in [0.1, 0.15) is 24.7 Å². The van der Waals surface area contributed by atoms with Crippen molar-refractivity contribution in [2.75, 3.05) is 26.7 Å². The van der Waals surface area contributed by atoms with E-state index in [1.54, 1.807) is 6.07 Å². The highest BCUT2D eigenvalue weighted by molar-refractivity contribution is 5.92. The van der Waals surface area contributed by atoms with Crippen molar-refractivity contribution >= 4 is 23.1 Å². The molecule has 1 aliphatic heterocycles. The van der Waals surface area contributed by atoms with E-state index in [1.165, 1.54) is 18.3 Å². The first-order valence-electron chi connectivity index (χ1n) is 14.4. The Hall–Kier alpha value is -4.62. The van der Waals surface area contributed by atoms with Crippen LogP contribution in [-0.4, -0.2) is 86.6 Å². The first-order chi connectivity index (χ1) is 21.3. The zero-order valence-corrected chi connectivity index (χ0v) is 24.8. The molecule has 2 N–H and O–H groups in total. The average molecular weight is 607 g/mol. The van der Waals surface area contributed by atoms with Crippen LogP contribution in [0.5, 0.6) is 6.01 Å². The topological polar surface area (TPSA) is 141 Å². The van der Waals surface area contributed by atoms with Crippen LogP contribution in [0, 0.1) is 12.7 Å². The molecule has 4 aromatic rings. The number of hydrogen-bond acceptors (Lipinski definition) is 9. The number of carbonyl (C=O) groups excluding carboxylic acids is 1. The molecular formula is C31H35FN6O6. The molecule has 1 amide bonds. The highest BCUT2D eigenvalue weighted by Gasteiger charge is 2.42. The molecule has 0 saturated carbocycles. The van der Waals surface area contributed by atoms with Crippen LogP contribution in [0.2, 0.25) is 0 Å². The van der Waals surface area contributed by atoms with Crippen LogP contribution in [-0.2, 0) is 27.4 Å². The van der Waals surface area contributed by atoms with Crippen molar-refractivity contribution in [2.24, 2.45) is 0 Å². The molecule has 0 radical (unpaired) electrons. The van der Waals surface area contributed by atoms with Gasteiger partial charge in [0.1, 0.15) is 30.4 Å². The first-order valence-corrected chi connectivity index (χ1v) is 14.4. The number of carboxylic acids is 1. The maximum atomic E-state index is 14.8. The molecule has 3 atom stereocenters. The SMILES string of the molecule is CCO[C@@H](CNC)Cn1c(C)nc2cc(F)cc(-c3ccnc(O[C@H]4C[C@@H](C(=O)O)N(C(=O)OCc5ccccc5)C4)n3)c21. The molecule has 13 heteroatoms. The Morgan fingerprint density at radius 1 is 1.18 bits per heavy atom. The number of aryl methyl sites for hydroxylation is 1. The Morgan fingerprint density at radius 3 is 2.70 bits per heavy atom. The standard InChI is InChI=1S/C31H35FN6O6/c1-4-42-23(15-33-3)17-37-19(2)35-26-13-21(32)12-24(28(26)37)25-10-11-34-30(36-25)44-22-14-27(29(39)40)38(16-22)31(41)43-18-20-8-6-5-7-9-20/h5-13,22-23,27,33H,4,14-18H2,1-3H3,(H,39,40)/t22-,23-,27-/m0/s1. The fourth-order valence-corrected chi connectivity index (χ4v) is 5.43. The van der Waals surface area contributed by atoms with Gasteiger partial charge in [-0.15, -0.1) is 0 Å². The van der Waals surface area contributed by atoms with E-state index < -0.39 is 30.0 Å². The number of nitrogens with one attached hydrogen (secondary N) is 1. The van der Waals surface area contributed by atoms with Gasteiger partial charge in [0.15, 0.2) is 0 Å². The summed E-state index contributed by atoms with van der Waals surface area (Å²) in [6.07, 6.45) is -0.0956. The molecule has 0 unspecified atom stereocenters. The summed E-state index contributed by atoms with van der Waals surface area (Å²) in [5.74, 6) is -0.945. The molecule has 1 aliphatic rings. The summed E-state index contributed by atoms with van der Waals surface area (Å²) >= 11 is 0. The van der Waals surface area contributed by atoms with Crippen LogP contribution in [0.3, 0.4) is 0 Å². The monoisotopic (exact) mass is 606 g/mol. The van der Waals surface area contributed by atoms with Gasteiger partial charge in [-0.25, -0.2) is 23.9 Å². The van der Waals surface area contributed by atoms with Crippen LogP contribution in [0.25, 0.3) is 22.3 Å². The molecule has 44 heavy (non-hydrogen) atoms.